The molecule has 10 heteroatoms. The Bertz CT molecular complexity index is 1290. The first-order valence-corrected chi connectivity index (χ1v) is 11.8. The number of ether oxygens (including phenoxy) is 1. The first-order chi connectivity index (χ1) is 17.2. The lowest BCUT2D eigenvalue weighted by Crippen LogP contribution is -2.33. The van der Waals surface area contributed by atoms with E-state index in [4.69, 9.17) is 0 Å². The normalized spacial score (nSPS) is 18.9. The number of benzene rings is 2. The van der Waals surface area contributed by atoms with Crippen LogP contribution in [0.15, 0.2) is 54.7 Å². The molecule has 7 nitrogen and oxygen atoms in total. The van der Waals surface area contributed by atoms with Crippen LogP contribution in [-0.2, 0) is 11.3 Å². The van der Waals surface area contributed by atoms with E-state index in [2.05, 4.69) is 26.8 Å². The minimum atomic E-state index is -4.83. The van der Waals surface area contributed by atoms with Crippen LogP contribution in [0.2, 0.25) is 0 Å². The van der Waals surface area contributed by atoms with Gasteiger partial charge in [-0.3, -0.25) is 9.78 Å². The number of imide groups is 1. The highest BCUT2D eigenvalue weighted by Gasteiger charge is 2.43. The molecule has 1 unspecified atom stereocenters. The minimum absolute atomic E-state index is 0.181. The van der Waals surface area contributed by atoms with Crippen molar-refractivity contribution in [2.45, 2.75) is 45.1 Å². The molecule has 2 aliphatic heterocycles. The first kappa shape index (κ1) is 23.9. The second-order valence-electron chi connectivity index (χ2n) is 9.02. The molecule has 0 saturated carbocycles. The number of anilines is 2. The summed E-state index contributed by atoms with van der Waals surface area (Å²) in [6, 6.07) is 11.4. The molecule has 3 heterocycles. The number of carbonyl (C=O) groups is 2. The molecule has 0 N–H and O–H groups in total. The van der Waals surface area contributed by atoms with Gasteiger partial charge in [-0.25, -0.2) is 9.69 Å². The highest BCUT2D eigenvalue weighted by molar-refractivity contribution is 6.21. The maximum atomic E-state index is 13.3. The second-order valence-corrected chi connectivity index (χ2v) is 9.02. The van der Waals surface area contributed by atoms with Gasteiger partial charge in [-0.05, 0) is 80.3 Å². The number of carbonyl (C=O) groups excluding carboxylic acids is 2. The molecule has 36 heavy (non-hydrogen) atoms. The number of rotatable bonds is 5. The fourth-order valence-electron chi connectivity index (χ4n) is 4.81. The number of piperidine rings is 1. The fraction of sp³-hybridized carbons (Fsp3) is 0.346. The van der Waals surface area contributed by atoms with Crippen molar-refractivity contribution in [3.05, 3.63) is 60.3 Å². The van der Waals surface area contributed by atoms with Crippen LogP contribution in [0.5, 0.6) is 5.75 Å². The summed E-state index contributed by atoms with van der Waals surface area (Å²) in [5.74, 6) is -0.875. The van der Waals surface area contributed by atoms with Crippen LogP contribution < -0.4 is 14.5 Å². The average molecular weight is 499 g/mol. The summed E-state index contributed by atoms with van der Waals surface area (Å²) in [5, 5.41) is 0.917. The number of amides is 3. The van der Waals surface area contributed by atoms with E-state index in [-0.39, 0.29) is 12.2 Å². The zero-order valence-electron chi connectivity index (χ0n) is 19.7. The van der Waals surface area contributed by atoms with Crippen LogP contribution in [0.3, 0.4) is 0 Å². The molecule has 0 spiro atoms. The predicted octanol–water partition coefficient (Wildman–Crippen LogP) is 5.48. The minimum Gasteiger partial charge on any atom is -0.406 e. The van der Waals surface area contributed by atoms with Gasteiger partial charge in [0.1, 0.15) is 11.8 Å². The van der Waals surface area contributed by atoms with Crippen LogP contribution in [0.1, 0.15) is 31.7 Å². The number of hydrogen-bond donors (Lipinski definition) is 0. The van der Waals surface area contributed by atoms with Crippen molar-refractivity contribution in [3.8, 4) is 5.75 Å². The number of fused-ring (bicyclic) bond motifs is 1. The van der Waals surface area contributed by atoms with E-state index >= 15 is 0 Å². The SMILES string of the molecule is CC1C(=O)N(c2ccc(OC(F)(F)F)cc2)C(=O)N1Cc1ccnc2ccc(N3CCCCC3)cc12. The van der Waals surface area contributed by atoms with Crippen LogP contribution in [-0.4, -0.2) is 47.3 Å². The van der Waals surface area contributed by atoms with Crippen molar-refractivity contribution in [2.24, 2.45) is 0 Å². The molecule has 2 aliphatic rings. The zero-order valence-corrected chi connectivity index (χ0v) is 19.7. The fourth-order valence-corrected chi connectivity index (χ4v) is 4.81. The van der Waals surface area contributed by atoms with Crippen molar-refractivity contribution < 1.29 is 27.5 Å². The van der Waals surface area contributed by atoms with Gasteiger partial charge in [0, 0.05) is 36.9 Å². The Morgan fingerprint density at radius 3 is 2.36 bits per heavy atom. The van der Waals surface area contributed by atoms with E-state index in [0.717, 1.165) is 65.1 Å². The molecular formula is C26H25F3N4O3. The number of urea groups is 1. The average Bonchev–Trinajstić information content (AvgIpc) is 3.07. The van der Waals surface area contributed by atoms with Crippen LogP contribution >= 0.6 is 0 Å². The van der Waals surface area contributed by atoms with Gasteiger partial charge in [0.05, 0.1) is 11.2 Å². The third kappa shape index (κ3) is 4.67. The van der Waals surface area contributed by atoms with Gasteiger partial charge in [0.25, 0.3) is 5.91 Å². The molecule has 188 valence electrons. The Hall–Kier alpha value is -3.82. The summed E-state index contributed by atoms with van der Waals surface area (Å²) < 4.78 is 41.3. The van der Waals surface area contributed by atoms with Crippen molar-refractivity contribution in [1.29, 1.82) is 0 Å². The maximum absolute atomic E-state index is 13.3. The lowest BCUT2D eigenvalue weighted by atomic mass is 10.1. The Morgan fingerprint density at radius 1 is 0.972 bits per heavy atom. The monoisotopic (exact) mass is 498 g/mol. The highest BCUT2D eigenvalue weighted by Crippen LogP contribution is 2.32. The first-order valence-electron chi connectivity index (χ1n) is 11.8. The smallest absolute Gasteiger partial charge is 0.406 e. The molecule has 3 aromatic rings. The molecular weight excluding hydrogens is 473 g/mol. The third-order valence-electron chi connectivity index (χ3n) is 6.69. The molecule has 2 aromatic carbocycles. The lowest BCUT2D eigenvalue weighted by molar-refractivity contribution is -0.274. The third-order valence-corrected chi connectivity index (χ3v) is 6.69. The Balaban J connectivity index is 1.40. The van der Waals surface area contributed by atoms with Crippen LogP contribution in [0, 0.1) is 0 Å². The van der Waals surface area contributed by atoms with Crippen LogP contribution in [0.25, 0.3) is 10.9 Å². The maximum Gasteiger partial charge on any atom is 0.573 e. The summed E-state index contributed by atoms with van der Waals surface area (Å²) in [6.45, 7) is 3.84. The Morgan fingerprint density at radius 2 is 1.67 bits per heavy atom. The van der Waals surface area contributed by atoms with Gasteiger partial charge < -0.3 is 14.5 Å². The summed E-state index contributed by atoms with van der Waals surface area (Å²) in [6.07, 6.45) is 0.391. The van der Waals surface area contributed by atoms with E-state index in [9.17, 15) is 22.8 Å². The van der Waals surface area contributed by atoms with E-state index in [0.29, 0.717) is 0 Å². The largest absolute Gasteiger partial charge is 0.573 e. The molecule has 0 aliphatic carbocycles. The predicted molar refractivity (Wildman–Crippen MR) is 129 cm³/mol. The summed E-state index contributed by atoms with van der Waals surface area (Å²) >= 11 is 0. The van der Waals surface area contributed by atoms with E-state index in [1.807, 2.05) is 12.1 Å². The Labute approximate surface area is 206 Å². The molecule has 5 rings (SSSR count). The highest BCUT2D eigenvalue weighted by atomic mass is 19.4. The van der Waals surface area contributed by atoms with E-state index in [1.165, 1.54) is 23.5 Å². The summed E-state index contributed by atoms with van der Waals surface area (Å²) in [4.78, 5) is 35.5. The molecule has 2 fully saturated rings. The molecule has 0 radical (unpaired) electrons. The van der Waals surface area contributed by atoms with Gasteiger partial charge in [-0.2, -0.15) is 0 Å². The van der Waals surface area contributed by atoms with E-state index in [1.54, 1.807) is 13.1 Å². The van der Waals surface area contributed by atoms with Gasteiger partial charge in [-0.15, -0.1) is 13.2 Å². The summed E-state index contributed by atoms with van der Waals surface area (Å²) in [5.41, 5.74) is 2.95. The molecule has 1 atom stereocenters. The van der Waals surface area contributed by atoms with Gasteiger partial charge in [0.15, 0.2) is 0 Å². The van der Waals surface area contributed by atoms with Gasteiger partial charge in [-0.1, -0.05) is 0 Å². The number of alkyl halides is 3. The van der Waals surface area contributed by atoms with Crippen molar-refractivity contribution >= 4 is 34.2 Å². The Kier molecular flexibility index (Phi) is 6.19. The molecule has 3 amide bonds. The van der Waals surface area contributed by atoms with Crippen molar-refractivity contribution in [3.63, 3.8) is 0 Å². The quantitative estimate of drug-likeness (QED) is 0.436. The number of halogens is 3. The topological polar surface area (TPSA) is 66.0 Å². The number of hydrogen-bond acceptors (Lipinski definition) is 5. The number of aromatic nitrogens is 1. The molecule has 1 aromatic heterocycles. The van der Waals surface area contributed by atoms with E-state index < -0.39 is 30.1 Å². The number of nitrogens with zero attached hydrogens (tertiary/aromatic N) is 4. The lowest BCUT2D eigenvalue weighted by Gasteiger charge is -2.29. The zero-order chi connectivity index (χ0) is 25.4. The molecule has 0 bridgehead atoms. The van der Waals surface area contributed by atoms with Gasteiger partial charge >= 0.3 is 12.4 Å². The summed E-state index contributed by atoms with van der Waals surface area (Å²) in [7, 11) is 0. The van der Waals surface area contributed by atoms with Crippen LogP contribution in [0.4, 0.5) is 29.3 Å². The number of pyridine rings is 1. The second kappa shape index (κ2) is 9.33. The van der Waals surface area contributed by atoms with Crippen molar-refractivity contribution in [2.75, 3.05) is 22.9 Å². The van der Waals surface area contributed by atoms with Crippen molar-refractivity contribution in [1.82, 2.24) is 9.88 Å². The standard InChI is InChI=1S/C26H25F3N4O3/c1-17-24(34)33(19-5-8-21(9-6-19)36-26(27,28)29)25(35)32(17)16-18-11-12-30-23-10-7-20(15-22(18)23)31-13-3-2-4-14-31/h5-12,15,17H,2-4,13-14,16H2,1H3. The molecule has 2 saturated heterocycles. The van der Waals surface area contributed by atoms with Gasteiger partial charge in [0.2, 0.25) is 0 Å².